The molecule has 1 aromatic carbocycles. The summed E-state index contributed by atoms with van der Waals surface area (Å²) < 4.78 is 27.3. The molecule has 1 aliphatic rings. The average molecular weight is 225 g/mol. The van der Waals surface area contributed by atoms with Crippen LogP contribution in [0.4, 0.5) is 8.78 Å². The Morgan fingerprint density at radius 1 is 1.25 bits per heavy atom. The maximum atomic E-state index is 13.8. The van der Waals surface area contributed by atoms with Crippen molar-refractivity contribution in [2.75, 3.05) is 7.05 Å². The SMILES string of the molecule is CNC(c1ccc(C)c(F)c1F)C1CCC1. The lowest BCUT2D eigenvalue weighted by atomic mass is 9.77. The van der Waals surface area contributed by atoms with E-state index >= 15 is 0 Å². The lowest BCUT2D eigenvalue weighted by Gasteiger charge is -2.34. The standard InChI is InChI=1S/C13H17F2N/c1-8-6-7-10(12(15)11(8)14)13(16-2)9-4-3-5-9/h6-7,9,13,16H,3-5H2,1-2H3. The summed E-state index contributed by atoms with van der Waals surface area (Å²) in [6.45, 7) is 1.58. The smallest absolute Gasteiger partial charge is 0.163 e. The van der Waals surface area contributed by atoms with Gasteiger partial charge < -0.3 is 5.32 Å². The third-order valence-corrected chi connectivity index (χ3v) is 3.57. The van der Waals surface area contributed by atoms with Crippen LogP contribution in [0.15, 0.2) is 12.1 Å². The first-order chi connectivity index (χ1) is 7.65. The Bertz CT molecular complexity index is 386. The molecule has 0 radical (unpaired) electrons. The molecule has 1 N–H and O–H groups in total. The molecule has 0 spiro atoms. The van der Waals surface area contributed by atoms with Crippen LogP contribution in [0.2, 0.25) is 0 Å². The molecule has 88 valence electrons. The van der Waals surface area contributed by atoms with Crippen LogP contribution in [0.25, 0.3) is 0 Å². The molecule has 3 heteroatoms. The van der Waals surface area contributed by atoms with Gasteiger partial charge in [0.15, 0.2) is 11.6 Å². The lowest BCUT2D eigenvalue weighted by Crippen LogP contribution is -2.30. The third-order valence-electron chi connectivity index (χ3n) is 3.57. The van der Waals surface area contributed by atoms with Crippen LogP contribution >= 0.6 is 0 Å². The fraction of sp³-hybridized carbons (Fsp3) is 0.538. The van der Waals surface area contributed by atoms with E-state index in [0.29, 0.717) is 17.0 Å². The minimum Gasteiger partial charge on any atom is -0.313 e. The molecule has 1 aromatic rings. The van der Waals surface area contributed by atoms with E-state index in [2.05, 4.69) is 5.32 Å². The van der Waals surface area contributed by atoms with Gasteiger partial charge in [-0.3, -0.25) is 0 Å². The van der Waals surface area contributed by atoms with Gasteiger partial charge in [0.1, 0.15) is 0 Å². The molecule has 0 aliphatic heterocycles. The van der Waals surface area contributed by atoms with Gasteiger partial charge in [0, 0.05) is 11.6 Å². The topological polar surface area (TPSA) is 12.0 Å². The Balaban J connectivity index is 2.34. The van der Waals surface area contributed by atoms with Crippen LogP contribution in [0.3, 0.4) is 0 Å². The quantitative estimate of drug-likeness (QED) is 0.832. The van der Waals surface area contributed by atoms with Gasteiger partial charge in [0.25, 0.3) is 0 Å². The van der Waals surface area contributed by atoms with Crippen molar-refractivity contribution in [3.05, 3.63) is 34.9 Å². The minimum atomic E-state index is -0.711. The van der Waals surface area contributed by atoms with E-state index < -0.39 is 11.6 Å². The Labute approximate surface area is 94.9 Å². The second kappa shape index (κ2) is 4.50. The van der Waals surface area contributed by atoms with Crippen molar-refractivity contribution in [2.45, 2.75) is 32.2 Å². The number of benzene rings is 1. The van der Waals surface area contributed by atoms with Gasteiger partial charge in [-0.05, 0) is 38.3 Å². The number of halogens is 2. The van der Waals surface area contributed by atoms with Crippen LogP contribution in [-0.4, -0.2) is 7.05 Å². The van der Waals surface area contributed by atoms with Crippen molar-refractivity contribution in [3.63, 3.8) is 0 Å². The van der Waals surface area contributed by atoms with Gasteiger partial charge >= 0.3 is 0 Å². The van der Waals surface area contributed by atoms with Crippen LogP contribution in [0, 0.1) is 24.5 Å². The highest BCUT2D eigenvalue weighted by molar-refractivity contribution is 5.28. The van der Waals surface area contributed by atoms with Gasteiger partial charge in [0.2, 0.25) is 0 Å². The summed E-state index contributed by atoms with van der Waals surface area (Å²) in [6, 6.07) is 3.30. The van der Waals surface area contributed by atoms with Crippen molar-refractivity contribution in [1.29, 1.82) is 0 Å². The second-order valence-corrected chi connectivity index (χ2v) is 4.56. The molecule has 0 saturated heterocycles. The predicted octanol–water partition coefficient (Wildman–Crippen LogP) is 3.33. The molecule has 1 unspecified atom stereocenters. The summed E-state index contributed by atoms with van der Waals surface area (Å²) in [4.78, 5) is 0. The zero-order valence-electron chi connectivity index (χ0n) is 9.69. The van der Waals surface area contributed by atoms with E-state index in [1.54, 1.807) is 26.1 Å². The maximum Gasteiger partial charge on any atom is 0.163 e. The number of nitrogens with one attached hydrogen (secondary N) is 1. The summed E-state index contributed by atoms with van der Waals surface area (Å²) in [7, 11) is 1.81. The molecule has 1 fully saturated rings. The molecule has 0 aromatic heterocycles. The highest BCUT2D eigenvalue weighted by atomic mass is 19.2. The molecule has 1 nitrogen and oxygen atoms in total. The Kier molecular flexibility index (Phi) is 3.24. The highest BCUT2D eigenvalue weighted by Crippen LogP contribution is 2.38. The molecule has 1 aliphatic carbocycles. The van der Waals surface area contributed by atoms with Crippen LogP contribution in [0.5, 0.6) is 0 Å². The van der Waals surface area contributed by atoms with Crippen molar-refractivity contribution >= 4 is 0 Å². The van der Waals surface area contributed by atoms with Gasteiger partial charge in [-0.1, -0.05) is 18.6 Å². The monoisotopic (exact) mass is 225 g/mol. The fourth-order valence-corrected chi connectivity index (χ4v) is 2.32. The molecule has 0 bridgehead atoms. The summed E-state index contributed by atoms with van der Waals surface area (Å²) in [6.07, 6.45) is 3.39. The van der Waals surface area contributed by atoms with Crippen molar-refractivity contribution in [3.8, 4) is 0 Å². The zero-order valence-corrected chi connectivity index (χ0v) is 9.69. The first-order valence-corrected chi connectivity index (χ1v) is 5.77. The van der Waals surface area contributed by atoms with Crippen molar-refractivity contribution < 1.29 is 8.78 Å². The lowest BCUT2D eigenvalue weighted by molar-refractivity contribution is 0.234. The Morgan fingerprint density at radius 3 is 2.44 bits per heavy atom. The highest BCUT2D eigenvalue weighted by Gasteiger charge is 2.30. The van der Waals surface area contributed by atoms with E-state index in [1.807, 2.05) is 0 Å². The first-order valence-electron chi connectivity index (χ1n) is 5.77. The van der Waals surface area contributed by atoms with Gasteiger partial charge in [-0.15, -0.1) is 0 Å². The Hall–Kier alpha value is -0.960. The predicted molar refractivity (Wildman–Crippen MR) is 60.2 cm³/mol. The molecular formula is C13H17F2N. The normalized spacial score (nSPS) is 18.2. The number of aryl methyl sites for hydroxylation is 1. The van der Waals surface area contributed by atoms with Crippen molar-refractivity contribution in [2.24, 2.45) is 5.92 Å². The van der Waals surface area contributed by atoms with E-state index in [4.69, 9.17) is 0 Å². The van der Waals surface area contributed by atoms with Gasteiger partial charge in [-0.2, -0.15) is 0 Å². The van der Waals surface area contributed by atoms with E-state index in [0.717, 1.165) is 12.8 Å². The summed E-state index contributed by atoms with van der Waals surface area (Å²) in [5.74, 6) is -0.954. The Morgan fingerprint density at radius 2 is 1.94 bits per heavy atom. The number of rotatable bonds is 3. The zero-order chi connectivity index (χ0) is 11.7. The molecule has 1 saturated carbocycles. The number of hydrogen-bond acceptors (Lipinski definition) is 1. The van der Waals surface area contributed by atoms with E-state index in [9.17, 15) is 8.78 Å². The molecular weight excluding hydrogens is 208 g/mol. The first kappa shape index (κ1) is 11.5. The number of hydrogen-bond donors (Lipinski definition) is 1. The molecule has 0 heterocycles. The molecule has 0 amide bonds. The molecule has 2 rings (SSSR count). The summed E-state index contributed by atoms with van der Waals surface area (Å²) >= 11 is 0. The second-order valence-electron chi connectivity index (χ2n) is 4.56. The van der Waals surface area contributed by atoms with Crippen LogP contribution in [-0.2, 0) is 0 Å². The maximum absolute atomic E-state index is 13.8. The van der Waals surface area contributed by atoms with E-state index in [1.165, 1.54) is 6.42 Å². The van der Waals surface area contributed by atoms with E-state index in [-0.39, 0.29) is 6.04 Å². The molecule has 1 atom stereocenters. The fourth-order valence-electron chi connectivity index (χ4n) is 2.32. The summed E-state index contributed by atoms with van der Waals surface area (Å²) in [5, 5.41) is 3.10. The van der Waals surface area contributed by atoms with Crippen molar-refractivity contribution in [1.82, 2.24) is 5.32 Å². The average Bonchev–Trinajstić information content (AvgIpc) is 2.21. The molecule has 16 heavy (non-hydrogen) atoms. The summed E-state index contributed by atoms with van der Waals surface area (Å²) in [5.41, 5.74) is 0.833. The minimum absolute atomic E-state index is 0.0520. The van der Waals surface area contributed by atoms with Gasteiger partial charge in [-0.25, -0.2) is 8.78 Å². The van der Waals surface area contributed by atoms with Crippen LogP contribution < -0.4 is 5.32 Å². The van der Waals surface area contributed by atoms with Gasteiger partial charge in [0.05, 0.1) is 0 Å². The third kappa shape index (κ3) is 1.84. The van der Waals surface area contributed by atoms with Crippen LogP contribution in [0.1, 0.15) is 36.4 Å². The largest absolute Gasteiger partial charge is 0.313 e.